The van der Waals surface area contributed by atoms with Gasteiger partial charge in [0.15, 0.2) is 0 Å². The first-order chi connectivity index (χ1) is 31.0. The maximum absolute atomic E-state index is 12.8. The number of hydrogen-bond donors (Lipinski definition) is 2. The largest absolute Gasteiger partial charge is 0.756 e. The summed E-state index contributed by atoms with van der Waals surface area (Å²) in [6, 6.07) is -0.794. The van der Waals surface area contributed by atoms with Crippen LogP contribution in [0.15, 0.2) is 48.6 Å². The minimum Gasteiger partial charge on any atom is -0.756 e. The van der Waals surface area contributed by atoms with Crippen molar-refractivity contribution >= 4 is 13.7 Å². The highest BCUT2D eigenvalue weighted by Gasteiger charge is 2.24. The highest BCUT2D eigenvalue weighted by molar-refractivity contribution is 7.45. The lowest BCUT2D eigenvalue weighted by Crippen LogP contribution is -2.46. The Kier molecular flexibility index (Phi) is 45.4. The highest BCUT2D eigenvalue weighted by Crippen LogP contribution is 2.38. The lowest BCUT2D eigenvalue weighted by atomic mass is 10.0. The molecule has 0 aliphatic heterocycles. The van der Waals surface area contributed by atoms with Crippen molar-refractivity contribution in [2.75, 3.05) is 40.9 Å². The maximum atomic E-state index is 12.8. The number of aliphatic hydroxyl groups excluding tert-OH is 1. The monoisotopic (exact) mass is 921 g/mol. The minimum atomic E-state index is -4.55. The van der Waals surface area contributed by atoms with Crippen molar-refractivity contribution in [1.29, 1.82) is 0 Å². The molecule has 0 aromatic heterocycles. The normalized spacial score (nSPS) is 14.4. The Bertz CT molecular complexity index is 1180. The number of hydrogen-bond acceptors (Lipinski definition) is 6. The summed E-state index contributed by atoms with van der Waals surface area (Å²) in [5.74, 6) is -0.169. The van der Waals surface area contributed by atoms with Crippen LogP contribution in [-0.2, 0) is 18.4 Å². The minimum absolute atomic E-state index is 0.0124. The second-order valence-corrected chi connectivity index (χ2v) is 21.0. The fraction of sp³-hybridized carbons (Fsp3) is 0.836. The smallest absolute Gasteiger partial charge is 0.268 e. The molecule has 9 heteroatoms. The van der Waals surface area contributed by atoms with Gasteiger partial charge >= 0.3 is 0 Å². The molecule has 3 atom stereocenters. The first-order valence-corrected chi connectivity index (χ1v) is 28.4. The number of aliphatic hydroxyl groups is 1. The molecule has 0 rings (SSSR count). The molecule has 2 N–H and O–H groups in total. The number of phosphoric ester groups is 1. The zero-order valence-corrected chi connectivity index (χ0v) is 43.6. The number of carbonyl (C=O) groups excluding carboxylic acids is 1. The Morgan fingerprint density at radius 2 is 0.953 bits per heavy atom. The number of likely N-dealkylation sites (N-methyl/N-ethyl adjacent to an activating group) is 1. The van der Waals surface area contributed by atoms with Gasteiger partial charge in [-0.3, -0.25) is 9.36 Å². The summed E-state index contributed by atoms with van der Waals surface area (Å²) in [5, 5.41) is 13.7. The Morgan fingerprint density at radius 1 is 0.562 bits per heavy atom. The van der Waals surface area contributed by atoms with Gasteiger partial charge in [-0.15, -0.1) is 0 Å². The van der Waals surface area contributed by atoms with Gasteiger partial charge in [0.05, 0.1) is 39.9 Å². The van der Waals surface area contributed by atoms with E-state index in [1.807, 2.05) is 21.1 Å². The summed E-state index contributed by atoms with van der Waals surface area (Å²) >= 11 is 0. The van der Waals surface area contributed by atoms with Gasteiger partial charge in [-0.05, 0) is 51.4 Å². The molecule has 376 valence electrons. The molecule has 0 spiro atoms. The van der Waals surface area contributed by atoms with Crippen LogP contribution in [-0.4, -0.2) is 68.5 Å². The predicted octanol–water partition coefficient (Wildman–Crippen LogP) is 15.3. The number of nitrogens with zero attached hydrogens (tertiary/aromatic N) is 1. The lowest BCUT2D eigenvalue weighted by molar-refractivity contribution is -0.870. The van der Waals surface area contributed by atoms with Gasteiger partial charge < -0.3 is 28.8 Å². The Morgan fingerprint density at radius 3 is 1.39 bits per heavy atom. The standard InChI is InChI=1S/C55H105N2O6P/c1-6-8-10-12-13-14-15-16-17-18-19-20-21-22-23-24-25-26-27-28-29-30-31-32-33-34-35-36-37-38-39-40-41-42-43-45-47-49-55(59)56-53(54(58)48-46-44-11-9-7-2)52-63-64(60,61)62-51-50-57(3,4)5/h8,10,13-14,16-17,19-20,53-54,58H,6-7,9,11-12,15,18,21-52H2,1-5H3,(H-,56,59,60,61)/b10-8-,14-13-,17-16-,20-19-. The lowest BCUT2D eigenvalue weighted by Gasteiger charge is -2.30. The SMILES string of the molecule is CC/C=C\C/C=C\C/C=C\C/C=C\CCCCCCCCCCCCCCCCCCCCCCCCCCC(=O)NC(COP(=O)([O-])OCC[N+](C)(C)C)C(O)CCCCCCC. The van der Waals surface area contributed by atoms with E-state index >= 15 is 0 Å². The van der Waals surface area contributed by atoms with Crippen molar-refractivity contribution in [3.8, 4) is 0 Å². The van der Waals surface area contributed by atoms with Gasteiger partial charge in [0.1, 0.15) is 13.2 Å². The van der Waals surface area contributed by atoms with Crippen molar-refractivity contribution in [2.24, 2.45) is 0 Å². The van der Waals surface area contributed by atoms with E-state index < -0.39 is 20.0 Å². The van der Waals surface area contributed by atoms with Crippen molar-refractivity contribution < 1.29 is 32.9 Å². The number of allylic oxidation sites excluding steroid dienone is 8. The van der Waals surface area contributed by atoms with E-state index in [1.165, 1.54) is 141 Å². The number of phosphoric acid groups is 1. The number of quaternary nitrogens is 1. The van der Waals surface area contributed by atoms with E-state index in [-0.39, 0.29) is 19.1 Å². The molecule has 0 bridgehead atoms. The first kappa shape index (κ1) is 62.5. The van der Waals surface area contributed by atoms with E-state index in [9.17, 15) is 19.4 Å². The summed E-state index contributed by atoms with van der Waals surface area (Å²) in [6.07, 6.45) is 60.8. The van der Waals surface area contributed by atoms with Gasteiger partial charge in [-0.25, -0.2) is 0 Å². The number of unbranched alkanes of at least 4 members (excludes halogenated alkanes) is 28. The summed E-state index contributed by atoms with van der Waals surface area (Å²) in [4.78, 5) is 25.2. The van der Waals surface area contributed by atoms with Gasteiger partial charge in [-0.2, -0.15) is 0 Å². The summed E-state index contributed by atoms with van der Waals surface area (Å²) < 4.78 is 23.1. The third kappa shape index (κ3) is 48.4. The zero-order chi connectivity index (χ0) is 47.1. The van der Waals surface area contributed by atoms with Crippen LogP contribution in [0.1, 0.15) is 245 Å². The molecule has 0 aromatic rings. The van der Waals surface area contributed by atoms with Crippen LogP contribution in [0, 0.1) is 0 Å². The fourth-order valence-electron chi connectivity index (χ4n) is 7.86. The van der Waals surface area contributed by atoms with Gasteiger partial charge in [0.25, 0.3) is 7.82 Å². The second-order valence-electron chi connectivity index (χ2n) is 19.6. The molecular formula is C55H105N2O6P. The van der Waals surface area contributed by atoms with Gasteiger partial charge in [0, 0.05) is 6.42 Å². The summed E-state index contributed by atoms with van der Waals surface area (Å²) in [5.41, 5.74) is 0. The van der Waals surface area contributed by atoms with E-state index in [0.29, 0.717) is 23.9 Å². The molecule has 0 heterocycles. The van der Waals surface area contributed by atoms with Crippen LogP contribution >= 0.6 is 7.82 Å². The van der Waals surface area contributed by atoms with Gasteiger partial charge in [-0.1, -0.05) is 236 Å². The van der Waals surface area contributed by atoms with Crippen LogP contribution < -0.4 is 10.2 Å². The average Bonchev–Trinajstić information content (AvgIpc) is 3.25. The molecule has 0 aliphatic rings. The van der Waals surface area contributed by atoms with Crippen LogP contribution in [0.3, 0.4) is 0 Å². The third-order valence-corrected chi connectivity index (χ3v) is 13.0. The molecule has 64 heavy (non-hydrogen) atoms. The maximum Gasteiger partial charge on any atom is 0.268 e. The molecule has 0 aliphatic carbocycles. The van der Waals surface area contributed by atoms with E-state index in [2.05, 4.69) is 67.8 Å². The van der Waals surface area contributed by atoms with Crippen LogP contribution in [0.25, 0.3) is 0 Å². The van der Waals surface area contributed by atoms with Gasteiger partial charge in [0.2, 0.25) is 5.91 Å². The molecular weight excluding hydrogens is 816 g/mol. The predicted molar refractivity (Wildman–Crippen MR) is 274 cm³/mol. The summed E-state index contributed by atoms with van der Waals surface area (Å²) in [6.45, 7) is 4.52. The van der Waals surface area contributed by atoms with Crippen LogP contribution in [0.4, 0.5) is 0 Å². The number of nitrogens with one attached hydrogen (secondary N) is 1. The molecule has 0 saturated carbocycles. The highest BCUT2D eigenvalue weighted by atomic mass is 31.2. The topological polar surface area (TPSA) is 108 Å². The fourth-order valence-corrected chi connectivity index (χ4v) is 8.58. The number of amides is 1. The van der Waals surface area contributed by atoms with E-state index in [1.54, 1.807) is 0 Å². The Labute approximate surface area is 397 Å². The third-order valence-electron chi connectivity index (χ3n) is 12.1. The summed E-state index contributed by atoms with van der Waals surface area (Å²) in [7, 11) is 1.31. The quantitative estimate of drug-likeness (QED) is 0.0272. The zero-order valence-electron chi connectivity index (χ0n) is 42.7. The molecule has 0 fully saturated rings. The Balaban J connectivity index is 3.71. The number of rotatable bonds is 49. The molecule has 0 saturated heterocycles. The van der Waals surface area contributed by atoms with E-state index in [0.717, 1.165) is 77.0 Å². The average molecular weight is 921 g/mol. The molecule has 1 amide bonds. The molecule has 3 unspecified atom stereocenters. The van der Waals surface area contributed by atoms with Crippen molar-refractivity contribution in [2.45, 2.75) is 257 Å². The van der Waals surface area contributed by atoms with Crippen molar-refractivity contribution in [1.82, 2.24) is 5.32 Å². The van der Waals surface area contributed by atoms with Crippen molar-refractivity contribution in [3.63, 3.8) is 0 Å². The Hall–Kier alpha value is -1.54. The van der Waals surface area contributed by atoms with Crippen LogP contribution in [0.2, 0.25) is 0 Å². The molecule has 0 radical (unpaired) electrons. The van der Waals surface area contributed by atoms with E-state index in [4.69, 9.17) is 9.05 Å². The van der Waals surface area contributed by atoms with Crippen molar-refractivity contribution in [3.05, 3.63) is 48.6 Å². The second kappa shape index (κ2) is 46.6. The number of carbonyl (C=O) groups is 1. The molecule has 0 aromatic carbocycles. The van der Waals surface area contributed by atoms with Crippen LogP contribution in [0.5, 0.6) is 0 Å². The molecule has 8 nitrogen and oxygen atoms in total. The first-order valence-electron chi connectivity index (χ1n) is 27.0.